The van der Waals surface area contributed by atoms with Gasteiger partial charge in [-0.05, 0) is 57.1 Å². The molecule has 0 amide bonds. The molecule has 1 saturated carbocycles. The third-order valence-corrected chi connectivity index (χ3v) is 3.69. The van der Waals surface area contributed by atoms with Crippen LogP contribution in [0.15, 0.2) is 24.3 Å². The van der Waals surface area contributed by atoms with Gasteiger partial charge in [0.15, 0.2) is 0 Å². The van der Waals surface area contributed by atoms with Gasteiger partial charge in [-0.1, -0.05) is 30.7 Å². The fourth-order valence-electron chi connectivity index (χ4n) is 2.43. The lowest BCUT2D eigenvalue weighted by atomic mass is 9.79. The Balaban J connectivity index is 0.00000220. The fraction of sp³-hybridized carbons (Fsp3) is 0.588. The summed E-state index contributed by atoms with van der Waals surface area (Å²) in [5.41, 5.74) is 7.97. The lowest BCUT2D eigenvalue weighted by Crippen LogP contribution is -2.38. The van der Waals surface area contributed by atoms with Gasteiger partial charge in [0.1, 0.15) is 11.6 Å². The third kappa shape index (κ3) is 5.33. The van der Waals surface area contributed by atoms with Crippen molar-refractivity contribution >= 4 is 18.4 Å². The average Bonchev–Trinajstić information content (AvgIpc) is 2.24. The first-order valence-electron chi connectivity index (χ1n) is 7.42. The molecule has 0 heterocycles. The summed E-state index contributed by atoms with van der Waals surface area (Å²) < 4.78 is 5.32. The standard InChI is InChI=1S/C17H25NO2.ClH/c1-17(2,3)20-16(19)15(18)11-12-6-4-9-14(10-12)13-7-5-8-13;/h4,6,9-10,13,15H,5,7-8,11,18H2,1-3H3;1H/t15-;/m0./s1. The first kappa shape index (κ1) is 18.0. The van der Waals surface area contributed by atoms with Crippen LogP contribution in [0.5, 0.6) is 0 Å². The molecule has 4 heteroatoms. The van der Waals surface area contributed by atoms with Crippen molar-refractivity contribution in [2.24, 2.45) is 5.73 Å². The molecule has 0 spiro atoms. The van der Waals surface area contributed by atoms with Crippen LogP contribution in [-0.4, -0.2) is 17.6 Å². The van der Waals surface area contributed by atoms with Crippen LogP contribution in [-0.2, 0) is 16.0 Å². The van der Waals surface area contributed by atoms with Gasteiger partial charge in [-0.2, -0.15) is 0 Å². The Morgan fingerprint density at radius 3 is 2.57 bits per heavy atom. The van der Waals surface area contributed by atoms with Gasteiger partial charge in [-0.15, -0.1) is 12.4 Å². The van der Waals surface area contributed by atoms with Crippen LogP contribution >= 0.6 is 12.4 Å². The Bertz CT molecular complexity index is 478. The number of halogens is 1. The quantitative estimate of drug-likeness (QED) is 0.865. The van der Waals surface area contributed by atoms with E-state index in [2.05, 4.69) is 18.2 Å². The van der Waals surface area contributed by atoms with Crippen molar-refractivity contribution in [3.05, 3.63) is 35.4 Å². The van der Waals surface area contributed by atoms with E-state index in [1.165, 1.54) is 24.8 Å². The highest BCUT2D eigenvalue weighted by Gasteiger charge is 2.23. The van der Waals surface area contributed by atoms with E-state index in [0.29, 0.717) is 12.3 Å². The minimum absolute atomic E-state index is 0. The van der Waals surface area contributed by atoms with E-state index in [0.717, 1.165) is 5.56 Å². The van der Waals surface area contributed by atoms with Crippen LogP contribution in [0.4, 0.5) is 0 Å². The molecule has 3 nitrogen and oxygen atoms in total. The fourth-order valence-corrected chi connectivity index (χ4v) is 2.43. The van der Waals surface area contributed by atoms with Crippen LogP contribution in [0.25, 0.3) is 0 Å². The van der Waals surface area contributed by atoms with Crippen molar-refractivity contribution in [3.8, 4) is 0 Å². The van der Waals surface area contributed by atoms with Crippen LogP contribution < -0.4 is 5.73 Å². The molecule has 1 aromatic rings. The topological polar surface area (TPSA) is 52.3 Å². The normalized spacial score (nSPS) is 16.6. The molecule has 0 radical (unpaired) electrons. The highest BCUT2D eigenvalue weighted by molar-refractivity contribution is 5.85. The Kier molecular flexibility index (Phi) is 6.24. The number of carbonyl (C=O) groups is 1. The summed E-state index contributed by atoms with van der Waals surface area (Å²) >= 11 is 0. The van der Waals surface area contributed by atoms with Gasteiger partial charge in [0.25, 0.3) is 0 Å². The molecule has 1 aliphatic rings. The van der Waals surface area contributed by atoms with Crippen molar-refractivity contribution in [1.29, 1.82) is 0 Å². The summed E-state index contributed by atoms with van der Waals surface area (Å²) in [6.07, 6.45) is 4.42. The molecule has 118 valence electrons. The van der Waals surface area contributed by atoms with Gasteiger partial charge in [-0.25, -0.2) is 0 Å². The maximum Gasteiger partial charge on any atom is 0.323 e. The summed E-state index contributed by atoms with van der Waals surface area (Å²) in [5, 5.41) is 0. The SMILES string of the molecule is CC(C)(C)OC(=O)[C@@H](N)Cc1cccc(C2CCC2)c1.Cl. The van der Waals surface area contributed by atoms with E-state index < -0.39 is 11.6 Å². The Morgan fingerprint density at radius 2 is 2.05 bits per heavy atom. The molecular weight excluding hydrogens is 286 g/mol. The molecule has 1 atom stereocenters. The van der Waals surface area contributed by atoms with Crippen molar-refractivity contribution < 1.29 is 9.53 Å². The second kappa shape index (κ2) is 7.28. The van der Waals surface area contributed by atoms with Gasteiger partial charge in [-0.3, -0.25) is 4.79 Å². The lowest BCUT2D eigenvalue weighted by Gasteiger charge is -2.26. The largest absolute Gasteiger partial charge is 0.459 e. The Hall–Kier alpha value is -1.06. The van der Waals surface area contributed by atoms with Crippen LogP contribution in [0.1, 0.15) is 57.1 Å². The van der Waals surface area contributed by atoms with Gasteiger partial charge >= 0.3 is 5.97 Å². The molecular formula is C17H26ClNO2. The van der Waals surface area contributed by atoms with E-state index in [9.17, 15) is 4.79 Å². The molecule has 2 rings (SSSR count). The Labute approximate surface area is 133 Å². The highest BCUT2D eigenvalue weighted by atomic mass is 35.5. The molecule has 1 aromatic carbocycles. The van der Waals surface area contributed by atoms with E-state index in [-0.39, 0.29) is 18.4 Å². The molecule has 0 saturated heterocycles. The number of carbonyl (C=O) groups excluding carboxylic acids is 1. The minimum atomic E-state index is -0.592. The smallest absolute Gasteiger partial charge is 0.323 e. The molecule has 21 heavy (non-hydrogen) atoms. The molecule has 1 aliphatic carbocycles. The van der Waals surface area contributed by atoms with Crippen molar-refractivity contribution in [2.45, 2.75) is 64.0 Å². The number of hydrogen-bond acceptors (Lipinski definition) is 3. The van der Waals surface area contributed by atoms with Gasteiger partial charge < -0.3 is 10.5 Å². The number of benzene rings is 1. The van der Waals surface area contributed by atoms with E-state index >= 15 is 0 Å². The first-order valence-corrected chi connectivity index (χ1v) is 7.42. The highest BCUT2D eigenvalue weighted by Crippen LogP contribution is 2.36. The number of esters is 1. The molecule has 0 aliphatic heterocycles. The minimum Gasteiger partial charge on any atom is -0.459 e. The van der Waals surface area contributed by atoms with Crippen LogP contribution in [0.3, 0.4) is 0 Å². The zero-order chi connectivity index (χ0) is 14.8. The molecule has 0 aromatic heterocycles. The molecule has 1 fully saturated rings. The summed E-state index contributed by atoms with van der Waals surface area (Å²) in [5.74, 6) is 0.374. The average molecular weight is 312 g/mol. The summed E-state index contributed by atoms with van der Waals surface area (Å²) in [6, 6.07) is 7.86. The summed E-state index contributed by atoms with van der Waals surface area (Å²) in [4.78, 5) is 11.9. The number of rotatable bonds is 4. The van der Waals surface area contributed by atoms with Crippen molar-refractivity contribution in [3.63, 3.8) is 0 Å². The van der Waals surface area contributed by atoms with Gasteiger partial charge in [0.05, 0.1) is 0 Å². The zero-order valence-electron chi connectivity index (χ0n) is 13.1. The predicted octanol–water partition coefficient (Wildman–Crippen LogP) is 3.59. The van der Waals surface area contributed by atoms with Gasteiger partial charge in [0.2, 0.25) is 0 Å². The third-order valence-electron chi connectivity index (χ3n) is 3.69. The van der Waals surface area contributed by atoms with E-state index in [1.54, 1.807) is 0 Å². The lowest BCUT2D eigenvalue weighted by molar-refractivity contribution is -0.156. The van der Waals surface area contributed by atoms with Crippen LogP contribution in [0, 0.1) is 0 Å². The summed E-state index contributed by atoms with van der Waals surface area (Å²) in [6.45, 7) is 5.57. The number of ether oxygens (including phenoxy) is 1. The van der Waals surface area contributed by atoms with E-state index in [1.807, 2.05) is 26.8 Å². The van der Waals surface area contributed by atoms with Crippen molar-refractivity contribution in [1.82, 2.24) is 0 Å². The van der Waals surface area contributed by atoms with Gasteiger partial charge in [0, 0.05) is 0 Å². The monoisotopic (exact) mass is 311 g/mol. The molecule has 0 unspecified atom stereocenters. The second-order valence-corrected chi connectivity index (χ2v) is 6.72. The zero-order valence-corrected chi connectivity index (χ0v) is 13.9. The van der Waals surface area contributed by atoms with Crippen LogP contribution in [0.2, 0.25) is 0 Å². The Morgan fingerprint density at radius 1 is 1.38 bits per heavy atom. The van der Waals surface area contributed by atoms with Crippen molar-refractivity contribution in [2.75, 3.05) is 0 Å². The molecule has 0 bridgehead atoms. The van der Waals surface area contributed by atoms with E-state index in [4.69, 9.17) is 10.5 Å². The predicted molar refractivity (Wildman–Crippen MR) is 87.8 cm³/mol. The maximum absolute atomic E-state index is 11.9. The second-order valence-electron chi connectivity index (χ2n) is 6.72. The maximum atomic E-state index is 11.9. The first-order chi connectivity index (χ1) is 9.35. The molecule has 2 N–H and O–H groups in total. The number of nitrogens with two attached hydrogens (primary N) is 1. The number of hydrogen-bond donors (Lipinski definition) is 1. The summed E-state index contributed by atoms with van der Waals surface area (Å²) in [7, 11) is 0.